The zero-order valence-electron chi connectivity index (χ0n) is 33.1. The summed E-state index contributed by atoms with van der Waals surface area (Å²) in [7, 11) is 0. The monoisotopic (exact) mass is 687 g/mol. The maximum absolute atomic E-state index is 12.0. The highest BCUT2D eigenvalue weighted by Gasteiger charge is 2.03. The van der Waals surface area contributed by atoms with Crippen LogP contribution in [-0.2, 0) is 9.53 Å². The lowest BCUT2D eigenvalue weighted by Gasteiger charge is -2.06. The number of carbonyl (C=O) groups excluding carboxylic acids is 1. The summed E-state index contributed by atoms with van der Waals surface area (Å²) in [5.74, 6) is 0.00601. The molecule has 0 aromatic heterocycles. The van der Waals surface area contributed by atoms with Crippen molar-refractivity contribution >= 4 is 5.97 Å². The van der Waals surface area contributed by atoms with E-state index >= 15 is 0 Å². The van der Waals surface area contributed by atoms with E-state index in [-0.39, 0.29) is 5.97 Å². The first-order chi connectivity index (χ1) is 24.3. The minimum atomic E-state index is 0.00601. The summed E-state index contributed by atoms with van der Waals surface area (Å²) in [5, 5.41) is 8.80. The van der Waals surface area contributed by atoms with Gasteiger partial charge in [0.15, 0.2) is 0 Å². The van der Waals surface area contributed by atoms with Crippen LogP contribution in [0.15, 0.2) is 36.5 Å². The Morgan fingerprint density at radius 2 is 0.735 bits per heavy atom. The van der Waals surface area contributed by atoms with E-state index in [0.717, 1.165) is 44.9 Å². The Balaban J connectivity index is 3.18. The summed E-state index contributed by atoms with van der Waals surface area (Å²) in [6, 6.07) is 0. The summed E-state index contributed by atoms with van der Waals surface area (Å²) in [4.78, 5) is 12.0. The lowest BCUT2D eigenvalue weighted by Crippen LogP contribution is -2.05. The molecule has 0 aliphatic rings. The van der Waals surface area contributed by atoms with Gasteiger partial charge in [-0.3, -0.25) is 4.79 Å². The largest absolute Gasteiger partial charge is 0.466 e. The van der Waals surface area contributed by atoms with Gasteiger partial charge in [-0.1, -0.05) is 217 Å². The minimum Gasteiger partial charge on any atom is -0.466 e. The van der Waals surface area contributed by atoms with Crippen LogP contribution in [0.2, 0.25) is 0 Å². The van der Waals surface area contributed by atoms with Crippen molar-refractivity contribution in [3.05, 3.63) is 36.5 Å². The van der Waals surface area contributed by atoms with Crippen molar-refractivity contribution in [2.24, 2.45) is 0 Å². The Morgan fingerprint density at radius 3 is 1.14 bits per heavy atom. The third-order valence-electron chi connectivity index (χ3n) is 9.85. The molecule has 49 heavy (non-hydrogen) atoms. The zero-order chi connectivity index (χ0) is 35.4. The van der Waals surface area contributed by atoms with Gasteiger partial charge >= 0.3 is 5.97 Å². The quantitative estimate of drug-likeness (QED) is 0.0395. The molecule has 0 aliphatic carbocycles. The number of carbonyl (C=O) groups is 1. The molecular weight excluding hydrogens is 601 g/mol. The molecule has 0 saturated carbocycles. The van der Waals surface area contributed by atoms with E-state index in [1.54, 1.807) is 0 Å². The Morgan fingerprint density at radius 1 is 0.408 bits per heavy atom. The van der Waals surface area contributed by atoms with Crippen LogP contribution < -0.4 is 0 Å². The van der Waals surface area contributed by atoms with E-state index < -0.39 is 0 Å². The van der Waals surface area contributed by atoms with Crippen LogP contribution in [0, 0.1) is 0 Å². The normalized spacial score (nSPS) is 12.0. The van der Waals surface area contributed by atoms with Crippen LogP contribution >= 0.6 is 0 Å². The molecule has 3 heteroatoms. The predicted molar refractivity (Wildman–Crippen MR) is 217 cm³/mol. The molecule has 0 rings (SSSR count). The zero-order valence-corrected chi connectivity index (χ0v) is 33.1. The van der Waals surface area contributed by atoms with Gasteiger partial charge in [-0.05, 0) is 51.4 Å². The fourth-order valence-corrected chi connectivity index (χ4v) is 6.60. The molecule has 0 amide bonds. The molecule has 288 valence electrons. The Hall–Kier alpha value is -1.35. The Bertz CT molecular complexity index is 709. The second kappa shape index (κ2) is 44.7. The molecule has 0 spiro atoms. The van der Waals surface area contributed by atoms with Gasteiger partial charge in [0.2, 0.25) is 0 Å². The highest BCUT2D eigenvalue weighted by atomic mass is 16.5. The van der Waals surface area contributed by atoms with Crippen molar-refractivity contribution in [2.45, 2.75) is 238 Å². The van der Waals surface area contributed by atoms with Crippen molar-refractivity contribution in [3.63, 3.8) is 0 Å². The third kappa shape index (κ3) is 44.6. The van der Waals surface area contributed by atoms with E-state index in [0.29, 0.717) is 19.6 Å². The highest BCUT2D eigenvalue weighted by molar-refractivity contribution is 5.69. The number of allylic oxidation sites excluding steroid dienone is 6. The SMILES string of the molecule is CC/C=C\C/C=C\C/C=C\CCCCCCCC(=O)OCCCCCCCCCCCCCCCCCCCCCCCCCCCCO. The first kappa shape index (κ1) is 47.7. The second-order valence-corrected chi connectivity index (χ2v) is 14.7. The van der Waals surface area contributed by atoms with E-state index in [9.17, 15) is 4.79 Å². The average Bonchev–Trinajstić information content (AvgIpc) is 3.11. The fraction of sp³-hybridized carbons (Fsp3) is 0.848. The molecule has 0 saturated heterocycles. The topological polar surface area (TPSA) is 46.5 Å². The molecule has 3 nitrogen and oxygen atoms in total. The summed E-state index contributed by atoms with van der Waals surface area (Å²) < 4.78 is 5.46. The van der Waals surface area contributed by atoms with Crippen LogP contribution in [-0.4, -0.2) is 24.3 Å². The van der Waals surface area contributed by atoms with Gasteiger partial charge in [-0.2, -0.15) is 0 Å². The molecule has 0 heterocycles. The maximum atomic E-state index is 12.0. The number of aliphatic hydroxyl groups excluding tert-OH is 1. The van der Waals surface area contributed by atoms with Gasteiger partial charge in [0, 0.05) is 13.0 Å². The highest BCUT2D eigenvalue weighted by Crippen LogP contribution is 2.16. The van der Waals surface area contributed by atoms with Gasteiger partial charge in [0.05, 0.1) is 6.61 Å². The molecule has 0 atom stereocenters. The number of esters is 1. The van der Waals surface area contributed by atoms with Gasteiger partial charge in [0.25, 0.3) is 0 Å². The number of rotatable bonds is 41. The Labute approximate surface area is 307 Å². The minimum absolute atomic E-state index is 0.00601. The third-order valence-corrected chi connectivity index (χ3v) is 9.85. The van der Waals surface area contributed by atoms with Crippen LogP contribution in [0.3, 0.4) is 0 Å². The second-order valence-electron chi connectivity index (χ2n) is 14.7. The first-order valence-electron chi connectivity index (χ1n) is 22.0. The molecule has 0 bridgehead atoms. The number of ether oxygens (including phenoxy) is 1. The van der Waals surface area contributed by atoms with Crippen LogP contribution in [0.4, 0.5) is 0 Å². The molecule has 0 fully saturated rings. The molecule has 0 radical (unpaired) electrons. The summed E-state index contributed by atoms with van der Waals surface area (Å²) in [6.45, 7) is 3.15. The lowest BCUT2D eigenvalue weighted by molar-refractivity contribution is -0.143. The van der Waals surface area contributed by atoms with Crippen molar-refractivity contribution in [3.8, 4) is 0 Å². The molecule has 1 N–H and O–H groups in total. The summed E-state index contributed by atoms with van der Waals surface area (Å²) in [6.07, 6.45) is 59.8. The summed E-state index contributed by atoms with van der Waals surface area (Å²) >= 11 is 0. The number of unbranched alkanes of at least 4 members (excludes halogenated alkanes) is 30. The fourth-order valence-electron chi connectivity index (χ4n) is 6.60. The molecular formula is C46H86O3. The van der Waals surface area contributed by atoms with Gasteiger partial charge in [-0.15, -0.1) is 0 Å². The van der Waals surface area contributed by atoms with Gasteiger partial charge in [0.1, 0.15) is 0 Å². The van der Waals surface area contributed by atoms with Crippen molar-refractivity contribution in [1.82, 2.24) is 0 Å². The van der Waals surface area contributed by atoms with Gasteiger partial charge < -0.3 is 9.84 Å². The van der Waals surface area contributed by atoms with Crippen molar-refractivity contribution < 1.29 is 14.6 Å². The van der Waals surface area contributed by atoms with E-state index in [4.69, 9.17) is 9.84 Å². The Kier molecular flexibility index (Phi) is 43.4. The van der Waals surface area contributed by atoms with Gasteiger partial charge in [-0.25, -0.2) is 0 Å². The van der Waals surface area contributed by atoms with Crippen LogP contribution in [0.25, 0.3) is 0 Å². The molecule has 0 aromatic carbocycles. The molecule has 0 unspecified atom stereocenters. The number of hydrogen-bond donors (Lipinski definition) is 1. The summed E-state index contributed by atoms with van der Waals surface area (Å²) in [5.41, 5.74) is 0. The predicted octanol–water partition coefficient (Wildman–Crippen LogP) is 15.3. The standard InChI is InChI=1S/C46H86O3/c1-2-3-4-5-6-7-8-9-22-25-28-31-34-37-40-43-46(48)49-45-42-39-36-33-30-27-24-21-19-17-15-13-11-10-12-14-16-18-20-23-26-29-32-35-38-41-44-47/h3-4,6-7,9,22,47H,2,5,8,10-21,23-45H2,1H3/b4-3-,7-6-,22-9-. The smallest absolute Gasteiger partial charge is 0.305 e. The van der Waals surface area contributed by atoms with E-state index in [1.807, 2.05) is 0 Å². The average molecular weight is 687 g/mol. The van der Waals surface area contributed by atoms with Crippen LogP contribution in [0.1, 0.15) is 238 Å². The number of hydrogen-bond acceptors (Lipinski definition) is 3. The molecule has 0 aromatic rings. The van der Waals surface area contributed by atoms with E-state index in [2.05, 4.69) is 43.4 Å². The first-order valence-corrected chi connectivity index (χ1v) is 22.0. The lowest BCUT2D eigenvalue weighted by atomic mass is 10.0. The van der Waals surface area contributed by atoms with E-state index in [1.165, 1.54) is 180 Å². The van der Waals surface area contributed by atoms with Crippen molar-refractivity contribution in [1.29, 1.82) is 0 Å². The van der Waals surface area contributed by atoms with Crippen molar-refractivity contribution in [2.75, 3.05) is 13.2 Å². The molecule has 0 aliphatic heterocycles. The van der Waals surface area contributed by atoms with Crippen LogP contribution in [0.5, 0.6) is 0 Å². The number of aliphatic hydroxyl groups is 1. The maximum Gasteiger partial charge on any atom is 0.305 e.